The Bertz CT molecular complexity index is 595. The molecule has 6 heteroatoms. The van der Waals surface area contributed by atoms with Crippen molar-refractivity contribution >= 4 is 15.9 Å². The Hall–Kier alpha value is -1.24. The maximum absolute atomic E-state index is 6.16. The predicted molar refractivity (Wildman–Crippen MR) is 86.9 cm³/mol. The van der Waals surface area contributed by atoms with E-state index in [2.05, 4.69) is 44.8 Å². The lowest BCUT2D eigenvalue weighted by atomic mass is 10.1. The van der Waals surface area contributed by atoms with Crippen molar-refractivity contribution in [3.05, 3.63) is 34.1 Å². The van der Waals surface area contributed by atoms with Crippen LogP contribution in [0.3, 0.4) is 0 Å². The normalized spacial score (nSPS) is 12.9. The number of nitrogens with two attached hydrogens (primary N) is 1. The minimum absolute atomic E-state index is 0.237. The molecule has 0 saturated heterocycles. The van der Waals surface area contributed by atoms with Gasteiger partial charge in [0.05, 0.1) is 6.04 Å². The Morgan fingerprint density at radius 2 is 2.05 bits per heavy atom. The number of benzene rings is 1. The minimum Gasteiger partial charge on any atom is -0.334 e. The van der Waals surface area contributed by atoms with Gasteiger partial charge in [-0.1, -0.05) is 34.9 Å². The monoisotopic (exact) mass is 352 g/mol. The fraction of sp³-hybridized carbons (Fsp3) is 0.467. The van der Waals surface area contributed by atoms with Crippen molar-refractivity contribution in [2.75, 3.05) is 19.6 Å². The summed E-state index contributed by atoms with van der Waals surface area (Å²) >= 11 is 3.48. The van der Waals surface area contributed by atoms with Crippen molar-refractivity contribution < 1.29 is 4.52 Å². The van der Waals surface area contributed by atoms with Crippen LogP contribution < -0.4 is 5.73 Å². The zero-order chi connectivity index (χ0) is 15.4. The van der Waals surface area contributed by atoms with Gasteiger partial charge in [0, 0.05) is 16.6 Å². The number of halogens is 1. The van der Waals surface area contributed by atoms with Gasteiger partial charge in [0.1, 0.15) is 0 Å². The lowest BCUT2D eigenvalue weighted by Gasteiger charge is -2.20. The molecule has 1 aromatic carbocycles. The van der Waals surface area contributed by atoms with E-state index in [9.17, 15) is 0 Å². The molecule has 1 heterocycles. The van der Waals surface area contributed by atoms with Crippen LogP contribution >= 0.6 is 15.9 Å². The molecule has 5 nitrogen and oxygen atoms in total. The molecule has 21 heavy (non-hydrogen) atoms. The van der Waals surface area contributed by atoms with E-state index in [0.717, 1.165) is 35.2 Å². The van der Waals surface area contributed by atoms with Crippen LogP contribution in [0, 0.1) is 6.92 Å². The lowest BCUT2D eigenvalue weighted by molar-refractivity contribution is 0.278. The van der Waals surface area contributed by atoms with E-state index in [1.165, 1.54) is 0 Å². The van der Waals surface area contributed by atoms with Crippen LogP contribution in [-0.4, -0.2) is 34.7 Å². The van der Waals surface area contributed by atoms with Crippen molar-refractivity contribution in [1.29, 1.82) is 0 Å². The molecule has 0 spiro atoms. The molecule has 1 aromatic heterocycles. The number of hydrogen-bond acceptors (Lipinski definition) is 5. The molecule has 0 fully saturated rings. The second-order valence-electron chi connectivity index (χ2n) is 5.01. The van der Waals surface area contributed by atoms with Gasteiger partial charge >= 0.3 is 0 Å². The standard InChI is InChI=1S/C15H21BrN4O/c1-4-20(5-2)9-13(17)14-18-15(21-19-14)11-6-7-12(16)10(3)8-11/h6-8,13H,4-5,9,17H2,1-3H3. The molecule has 1 unspecified atom stereocenters. The smallest absolute Gasteiger partial charge is 0.257 e. The van der Waals surface area contributed by atoms with Gasteiger partial charge in [-0.3, -0.25) is 0 Å². The highest BCUT2D eigenvalue weighted by Crippen LogP contribution is 2.24. The largest absolute Gasteiger partial charge is 0.334 e. The molecule has 1 atom stereocenters. The van der Waals surface area contributed by atoms with Crippen molar-refractivity contribution in [1.82, 2.24) is 15.0 Å². The molecule has 0 radical (unpaired) electrons. The second-order valence-corrected chi connectivity index (χ2v) is 5.87. The number of aryl methyl sites for hydroxylation is 1. The quantitative estimate of drug-likeness (QED) is 0.864. The van der Waals surface area contributed by atoms with Crippen molar-refractivity contribution in [3.63, 3.8) is 0 Å². The zero-order valence-corrected chi connectivity index (χ0v) is 14.2. The first-order valence-electron chi connectivity index (χ1n) is 7.13. The van der Waals surface area contributed by atoms with Crippen molar-refractivity contribution in [3.8, 4) is 11.5 Å². The summed E-state index contributed by atoms with van der Waals surface area (Å²) in [5.74, 6) is 1.06. The molecular formula is C15H21BrN4O. The Morgan fingerprint density at radius 3 is 2.67 bits per heavy atom. The van der Waals surface area contributed by atoms with Crippen LogP contribution in [0.2, 0.25) is 0 Å². The highest BCUT2D eigenvalue weighted by Gasteiger charge is 2.17. The van der Waals surface area contributed by atoms with Crippen LogP contribution in [0.5, 0.6) is 0 Å². The fourth-order valence-electron chi connectivity index (χ4n) is 2.12. The van der Waals surface area contributed by atoms with Crippen LogP contribution in [0.25, 0.3) is 11.5 Å². The highest BCUT2D eigenvalue weighted by molar-refractivity contribution is 9.10. The molecular weight excluding hydrogens is 332 g/mol. The van der Waals surface area contributed by atoms with Crippen LogP contribution in [0.4, 0.5) is 0 Å². The summed E-state index contributed by atoms with van der Waals surface area (Å²) in [5, 5.41) is 4.02. The van der Waals surface area contributed by atoms with Crippen LogP contribution in [-0.2, 0) is 0 Å². The molecule has 2 aromatic rings. The molecule has 2 rings (SSSR count). The molecule has 114 valence electrons. The third kappa shape index (κ3) is 3.90. The fourth-order valence-corrected chi connectivity index (χ4v) is 2.37. The first-order valence-corrected chi connectivity index (χ1v) is 7.92. The van der Waals surface area contributed by atoms with E-state index < -0.39 is 0 Å². The third-order valence-electron chi connectivity index (χ3n) is 3.53. The molecule has 0 amide bonds. The number of hydrogen-bond donors (Lipinski definition) is 1. The maximum Gasteiger partial charge on any atom is 0.257 e. The molecule has 0 aliphatic heterocycles. The molecule has 0 saturated carbocycles. The second kappa shape index (κ2) is 7.15. The van der Waals surface area contributed by atoms with E-state index in [1.807, 2.05) is 25.1 Å². The average molecular weight is 353 g/mol. The topological polar surface area (TPSA) is 68.2 Å². The first kappa shape index (κ1) is 16.1. The lowest BCUT2D eigenvalue weighted by Crippen LogP contribution is -2.32. The third-order valence-corrected chi connectivity index (χ3v) is 4.42. The number of likely N-dealkylation sites (N-methyl/N-ethyl adjacent to an activating group) is 1. The van der Waals surface area contributed by atoms with Crippen LogP contribution in [0.1, 0.15) is 31.3 Å². The summed E-state index contributed by atoms with van der Waals surface area (Å²) in [5.41, 5.74) is 8.19. The minimum atomic E-state index is -0.237. The summed E-state index contributed by atoms with van der Waals surface area (Å²) in [6.07, 6.45) is 0. The molecule has 0 bridgehead atoms. The van der Waals surface area contributed by atoms with Gasteiger partial charge in [0.25, 0.3) is 5.89 Å². The summed E-state index contributed by atoms with van der Waals surface area (Å²) < 4.78 is 6.40. The SMILES string of the molecule is CCN(CC)CC(N)c1noc(-c2ccc(Br)c(C)c2)n1. The van der Waals surface area contributed by atoms with E-state index in [1.54, 1.807) is 0 Å². The summed E-state index contributed by atoms with van der Waals surface area (Å²) in [6, 6.07) is 5.70. The average Bonchev–Trinajstić information content (AvgIpc) is 2.97. The van der Waals surface area contributed by atoms with Crippen molar-refractivity contribution in [2.24, 2.45) is 5.73 Å². The Labute approximate surface area is 133 Å². The number of aromatic nitrogens is 2. The molecule has 0 aliphatic carbocycles. The van der Waals surface area contributed by atoms with Gasteiger partial charge < -0.3 is 15.2 Å². The van der Waals surface area contributed by atoms with E-state index >= 15 is 0 Å². The van der Waals surface area contributed by atoms with Gasteiger partial charge in [0.15, 0.2) is 5.82 Å². The van der Waals surface area contributed by atoms with Gasteiger partial charge in [-0.15, -0.1) is 0 Å². The van der Waals surface area contributed by atoms with Gasteiger partial charge in [-0.05, 0) is 43.8 Å². The highest BCUT2D eigenvalue weighted by atomic mass is 79.9. The Kier molecular flexibility index (Phi) is 5.50. The maximum atomic E-state index is 6.16. The Balaban J connectivity index is 2.15. The summed E-state index contributed by atoms with van der Waals surface area (Å²) in [6.45, 7) is 8.90. The van der Waals surface area contributed by atoms with E-state index in [0.29, 0.717) is 11.7 Å². The molecule has 2 N–H and O–H groups in total. The van der Waals surface area contributed by atoms with Crippen LogP contribution in [0.15, 0.2) is 27.2 Å². The zero-order valence-electron chi connectivity index (χ0n) is 12.6. The molecule has 0 aliphatic rings. The Morgan fingerprint density at radius 1 is 1.33 bits per heavy atom. The number of nitrogens with zero attached hydrogens (tertiary/aromatic N) is 3. The summed E-state index contributed by atoms with van der Waals surface area (Å²) in [7, 11) is 0. The van der Waals surface area contributed by atoms with Gasteiger partial charge in [-0.25, -0.2) is 0 Å². The first-order chi connectivity index (χ1) is 10.0. The van der Waals surface area contributed by atoms with Gasteiger partial charge in [0.2, 0.25) is 0 Å². The van der Waals surface area contributed by atoms with Gasteiger partial charge in [-0.2, -0.15) is 4.98 Å². The summed E-state index contributed by atoms with van der Waals surface area (Å²) in [4.78, 5) is 6.67. The predicted octanol–water partition coefficient (Wildman–Crippen LogP) is 3.15. The van der Waals surface area contributed by atoms with E-state index in [-0.39, 0.29) is 6.04 Å². The number of rotatable bonds is 6. The van der Waals surface area contributed by atoms with E-state index in [4.69, 9.17) is 10.3 Å². The van der Waals surface area contributed by atoms with Crippen molar-refractivity contribution in [2.45, 2.75) is 26.8 Å².